The van der Waals surface area contributed by atoms with E-state index in [2.05, 4.69) is 17.2 Å². The number of aryl methyl sites for hydroxylation is 1. The highest BCUT2D eigenvalue weighted by molar-refractivity contribution is 7.20. The number of carbonyl (C=O) groups is 2. The van der Waals surface area contributed by atoms with Gasteiger partial charge in [0.1, 0.15) is 11.4 Å². The quantitative estimate of drug-likeness (QED) is 0.589. The van der Waals surface area contributed by atoms with Crippen LogP contribution in [-0.4, -0.2) is 39.4 Å². The smallest absolute Gasteiger partial charge is 0.341 e. The number of rotatable bonds is 4. The Bertz CT molecular complexity index is 1320. The molecular formula is C23H23F3N4O3S. The molecule has 2 amide bonds. The van der Waals surface area contributed by atoms with Crippen molar-refractivity contribution in [2.75, 3.05) is 18.4 Å². The summed E-state index contributed by atoms with van der Waals surface area (Å²) in [5, 5.41) is 2.68. The molecule has 0 bridgehead atoms. The number of fused-ring (bicyclic) bond motifs is 1. The zero-order valence-electron chi connectivity index (χ0n) is 18.6. The molecule has 11 heteroatoms. The van der Waals surface area contributed by atoms with Crippen molar-refractivity contribution >= 4 is 39.1 Å². The number of thiophene rings is 1. The van der Waals surface area contributed by atoms with E-state index in [9.17, 15) is 27.6 Å². The summed E-state index contributed by atoms with van der Waals surface area (Å²) in [4.78, 5) is 45.1. The standard InChI is InChI=1S/C23H23F3N4O3S/c1-13-5-4-8-29(10-13)17(31)11-30-12-27-21-18(22(30)33)14(2)19(34-21)20(32)28-16-7-3-6-15(9-16)23(24,25)26/h3,6-7,9,12-13H,4-5,8,10-11H2,1-2H3,(H,28,32)/t13-/m0/s1. The van der Waals surface area contributed by atoms with E-state index in [-0.39, 0.29) is 28.4 Å². The third-order valence-electron chi connectivity index (χ3n) is 5.89. The van der Waals surface area contributed by atoms with Gasteiger partial charge in [0.25, 0.3) is 11.5 Å². The molecule has 3 aromatic rings. The zero-order chi connectivity index (χ0) is 24.6. The number of halogens is 3. The molecule has 2 aromatic heterocycles. The first kappa shape index (κ1) is 23.9. The van der Waals surface area contributed by atoms with Crippen molar-refractivity contribution in [2.45, 2.75) is 39.4 Å². The lowest BCUT2D eigenvalue weighted by Gasteiger charge is -2.31. The molecule has 0 spiro atoms. The zero-order valence-corrected chi connectivity index (χ0v) is 19.4. The Morgan fingerprint density at radius 2 is 2.06 bits per heavy atom. The SMILES string of the molecule is Cc1c(C(=O)Nc2cccc(C(F)(F)F)c2)sc2ncn(CC(=O)N3CCC[C@H](C)C3)c(=O)c12. The van der Waals surface area contributed by atoms with Gasteiger partial charge in [0.15, 0.2) is 0 Å². The van der Waals surface area contributed by atoms with Crippen LogP contribution in [0.3, 0.4) is 0 Å². The van der Waals surface area contributed by atoms with E-state index in [1.165, 1.54) is 23.0 Å². The maximum absolute atomic E-state index is 13.1. The number of carbonyl (C=O) groups excluding carboxylic acids is 2. The van der Waals surface area contributed by atoms with Crippen LogP contribution in [-0.2, 0) is 17.5 Å². The molecule has 34 heavy (non-hydrogen) atoms. The minimum absolute atomic E-state index is 0.0107. The fraction of sp³-hybridized carbons (Fsp3) is 0.391. The minimum atomic E-state index is -4.53. The number of hydrogen-bond acceptors (Lipinski definition) is 5. The molecule has 1 aromatic carbocycles. The Morgan fingerprint density at radius 3 is 2.76 bits per heavy atom. The van der Waals surface area contributed by atoms with Gasteiger partial charge in [-0.1, -0.05) is 13.0 Å². The normalized spacial score (nSPS) is 16.6. The van der Waals surface area contributed by atoms with Gasteiger partial charge in [-0.05, 0) is 49.4 Å². The molecule has 0 saturated carbocycles. The summed E-state index contributed by atoms with van der Waals surface area (Å²) in [6, 6.07) is 4.32. The van der Waals surface area contributed by atoms with Crippen molar-refractivity contribution in [3.05, 3.63) is 57.0 Å². The molecule has 0 unspecified atom stereocenters. The Morgan fingerprint density at radius 1 is 1.29 bits per heavy atom. The van der Waals surface area contributed by atoms with Crippen LogP contribution in [0.1, 0.15) is 40.6 Å². The second-order valence-corrected chi connectivity index (χ2v) is 9.53. The number of nitrogens with one attached hydrogen (secondary N) is 1. The van der Waals surface area contributed by atoms with E-state index in [0.717, 1.165) is 36.3 Å². The molecule has 7 nitrogen and oxygen atoms in total. The number of amides is 2. The van der Waals surface area contributed by atoms with Crippen molar-refractivity contribution in [3.8, 4) is 0 Å². The Balaban J connectivity index is 1.58. The van der Waals surface area contributed by atoms with Gasteiger partial charge in [-0.2, -0.15) is 13.2 Å². The maximum Gasteiger partial charge on any atom is 0.416 e. The van der Waals surface area contributed by atoms with Gasteiger partial charge in [0.2, 0.25) is 5.91 Å². The van der Waals surface area contributed by atoms with Gasteiger partial charge in [0.05, 0.1) is 22.2 Å². The number of hydrogen-bond donors (Lipinski definition) is 1. The first-order chi connectivity index (χ1) is 16.0. The Hall–Kier alpha value is -3.21. The van der Waals surface area contributed by atoms with E-state index in [4.69, 9.17) is 0 Å². The van der Waals surface area contributed by atoms with Crippen molar-refractivity contribution in [1.82, 2.24) is 14.5 Å². The average Bonchev–Trinajstić information content (AvgIpc) is 3.12. The first-order valence-corrected chi connectivity index (χ1v) is 11.6. The van der Waals surface area contributed by atoms with Crippen LogP contribution in [0.5, 0.6) is 0 Å². The molecule has 1 atom stereocenters. The Kier molecular flexibility index (Phi) is 6.48. The monoisotopic (exact) mass is 492 g/mol. The summed E-state index contributed by atoms with van der Waals surface area (Å²) in [6.07, 6.45) is -1.25. The van der Waals surface area contributed by atoms with Gasteiger partial charge in [0, 0.05) is 18.8 Å². The van der Waals surface area contributed by atoms with E-state index < -0.39 is 23.2 Å². The molecule has 4 rings (SSSR count). The number of piperidine rings is 1. The molecule has 1 N–H and O–H groups in total. The number of aromatic nitrogens is 2. The lowest BCUT2D eigenvalue weighted by molar-refractivity contribution is -0.137. The summed E-state index contributed by atoms with van der Waals surface area (Å²) < 4.78 is 40.1. The molecule has 0 radical (unpaired) electrons. The van der Waals surface area contributed by atoms with Crippen molar-refractivity contribution < 1.29 is 22.8 Å². The molecule has 1 aliphatic heterocycles. The molecule has 3 heterocycles. The average molecular weight is 493 g/mol. The highest BCUT2D eigenvalue weighted by atomic mass is 32.1. The van der Waals surface area contributed by atoms with Crippen LogP contribution in [0.25, 0.3) is 10.2 Å². The number of benzene rings is 1. The lowest BCUT2D eigenvalue weighted by atomic mass is 10.0. The molecule has 1 fully saturated rings. The largest absolute Gasteiger partial charge is 0.416 e. The predicted octanol–water partition coefficient (Wildman–Crippen LogP) is 4.30. The number of anilines is 1. The van der Waals surface area contributed by atoms with Crippen LogP contribution in [0, 0.1) is 12.8 Å². The summed E-state index contributed by atoms with van der Waals surface area (Å²) in [7, 11) is 0. The predicted molar refractivity (Wildman–Crippen MR) is 123 cm³/mol. The van der Waals surface area contributed by atoms with Crippen molar-refractivity contribution in [2.24, 2.45) is 5.92 Å². The highest BCUT2D eigenvalue weighted by Crippen LogP contribution is 2.32. The minimum Gasteiger partial charge on any atom is -0.341 e. The molecule has 0 aliphatic carbocycles. The number of alkyl halides is 3. The fourth-order valence-corrected chi connectivity index (χ4v) is 5.15. The second kappa shape index (κ2) is 9.21. The van der Waals surface area contributed by atoms with Crippen LogP contribution < -0.4 is 10.9 Å². The van der Waals surface area contributed by atoms with Crippen molar-refractivity contribution in [3.63, 3.8) is 0 Å². The van der Waals surface area contributed by atoms with Gasteiger partial charge < -0.3 is 10.2 Å². The summed E-state index contributed by atoms with van der Waals surface area (Å²) >= 11 is 0.977. The summed E-state index contributed by atoms with van der Waals surface area (Å²) in [5.41, 5.74) is -0.954. The molecule has 1 saturated heterocycles. The molecular weight excluding hydrogens is 469 g/mol. The third kappa shape index (κ3) is 4.84. The van der Waals surface area contributed by atoms with Crippen molar-refractivity contribution in [1.29, 1.82) is 0 Å². The third-order valence-corrected chi connectivity index (χ3v) is 7.09. The number of likely N-dealkylation sites (tertiary alicyclic amines) is 1. The lowest BCUT2D eigenvalue weighted by Crippen LogP contribution is -2.42. The fourth-order valence-electron chi connectivity index (χ4n) is 4.11. The first-order valence-electron chi connectivity index (χ1n) is 10.8. The maximum atomic E-state index is 13.1. The topological polar surface area (TPSA) is 84.3 Å². The van der Waals surface area contributed by atoms with Gasteiger partial charge in [-0.15, -0.1) is 11.3 Å². The second-order valence-electron chi connectivity index (χ2n) is 8.53. The van der Waals surface area contributed by atoms with E-state index in [1.807, 2.05) is 0 Å². The van der Waals surface area contributed by atoms with Crippen LogP contribution >= 0.6 is 11.3 Å². The Labute approximate surface area is 197 Å². The molecule has 1 aliphatic rings. The summed E-state index contributed by atoms with van der Waals surface area (Å²) in [5.74, 6) is -0.388. The van der Waals surface area contributed by atoms with Crippen LogP contribution in [0.2, 0.25) is 0 Å². The van der Waals surface area contributed by atoms with E-state index in [1.54, 1.807) is 11.8 Å². The van der Waals surface area contributed by atoms with Crippen LogP contribution in [0.15, 0.2) is 35.4 Å². The highest BCUT2D eigenvalue weighted by Gasteiger charge is 2.30. The number of nitrogens with zero attached hydrogens (tertiary/aromatic N) is 3. The van der Waals surface area contributed by atoms with Crippen LogP contribution in [0.4, 0.5) is 18.9 Å². The van der Waals surface area contributed by atoms with E-state index >= 15 is 0 Å². The van der Waals surface area contributed by atoms with Gasteiger partial charge in [-0.25, -0.2) is 4.98 Å². The van der Waals surface area contributed by atoms with Gasteiger partial charge in [-0.3, -0.25) is 19.0 Å². The molecule has 180 valence electrons. The van der Waals surface area contributed by atoms with E-state index in [0.29, 0.717) is 29.4 Å². The van der Waals surface area contributed by atoms with Gasteiger partial charge >= 0.3 is 6.18 Å². The summed E-state index contributed by atoms with van der Waals surface area (Å²) in [6.45, 7) is 4.84.